The zero-order chi connectivity index (χ0) is 16.6. The standard InChI is InChI=1S/C23H20N2/c1(2-14-25-15-13-24-16-25)4-17-7-8-20-10-9-18-5-3-6-19-11-12-21(17)23(20)22(18)19/h3,5-13,15-16H,1-2,4,14H2. The number of hydrogen-bond acceptors (Lipinski definition) is 1. The maximum atomic E-state index is 4.11. The van der Waals surface area contributed by atoms with Crippen LogP contribution >= 0.6 is 0 Å². The van der Waals surface area contributed by atoms with Crippen molar-refractivity contribution in [2.45, 2.75) is 25.8 Å². The molecule has 0 radical (unpaired) electrons. The number of benzene rings is 4. The van der Waals surface area contributed by atoms with Gasteiger partial charge in [0.05, 0.1) is 6.33 Å². The lowest BCUT2D eigenvalue weighted by molar-refractivity contribution is 0.610. The molecule has 4 aromatic carbocycles. The van der Waals surface area contributed by atoms with E-state index >= 15 is 0 Å². The van der Waals surface area contributed by atoms with Crippen LogP contribution in [0.1, 0.15) is 18.4 Å². The molecule has 2 heteroatoms. The molecule has 0 bridgehead atoms. The molecule has 0 amide bonds. The second-order valence-electron chi connectivity index (χ2n) is 6.84. The van der Waals surface area contributed by atoms with Crippen molar-refractivity contribution in [2.24, 2.45) is 0 Å². The summed E-state index contributed by atoms with van der Waals surface area (Å²) in [7, 11) is 0. The number of unbranched alkanes of at least 4 members (excludes halogenated alkanes) is 1. The Bertz CT molecular complexity index is 1120. The molecular weight excluding hydrogens is 304 g/mol. The summed E-state index contributed by atoms with van der Waals surface area (Å²) in [5, 5.41) is 8.30. The largest absolute Gasteiger partial charge is 0.337 e. The Morgan fingerprint density at radius 2 is 1.52 bits per heavy atom. The number of aryl methyl sites for hydroxylation is 2. The van der Waals surface area contributed by atoms with Crippen molar-refractivity contribution < 1.29 is 0 Å². The maximum Gasteiger partial charge on any atom is 0.0945 e. The number of imidazole rings is 1. The van der Waals surface area contributed by atoms with Crippen molar-refractivity contribution in [1.82, 2.24) is 9.55 Å². The molecule has 1 heterocycles. The highest BCUT2D eigenvalue weighted by molar-refractivity contribution is 6.23. The first-order valence-electron chi connectivity index (χ1n) is 9.01. The third-order valence-corrected chi connectivity index (χ3v) is 5.29. The highest BCUT2D eigenvalue weighted by Crippen LogP contribution is 2.36. The summed E-state index contributed by atoms with van der Waals surface area (Å²) < 4.78 is 2.16. The zero-order valence-electron chi connectivity index (χ0n) is 14.2. The molecule has 0 N–H and O–H groups in total. The first-order chi connectivity index (χ1) is 12.4. The Kier molecular flexibility index (Phi) is 3.41. The van der Waals surface area contributed by atoms with E-state index in [1.165, 1.54) is 50.7 Å². The summed E-state index contributed by atoms with van der Waals surface area (Å²) in [5.41, 5.74) is 1.47. The van der Waals surface area contributed by atoms with Gasteiger partial charge in [0, 0.05) is 18.9 Å². The molecule has 0 unspecified atom stereocenters. The quantitative estimate of drug-likeness (QED) is 0.295. The topological polar surface area (TPSA) is 17.8 Å². The first-order valence-corrected chi connectivity index (χ1v) is 9.01. The Labute approximate surface area is 147 Å². The van der Waals surface area contributed by atoms with Crippen molar-refractivity contribution in [2.75, 3.05) is 0 Å². The average molecular weight is 324 g/mol. The van der Waals surface area contributed by atoms with Gasteiger partial charge in [0.1, 0.15) is 0 Å². The van der Waals surface area contributed by atoms with Crippen LogP contribution in [0.15, 0.2) is 73.3 Å². The molecule has 0 atom stereocenters. The SMILES string of the molecule is c1cc2ccc3ccc(CCCCn4ccnc4)c4ccc(c1)c2c34. The molecule has 122 valence electrons. The number of hydrogen-bond donors (Lipinski definition) is 0. The molecule has 25 heavy (non-hydrogen) atoms. The van der Waals surface area contributed by atoms with Gasteiger partial charge in [0.2, 0.25) is 0 Å². The van der Waals surface area contributed by atoms with Gasteiger partial charge < -0.3 is 4.57 Å². The van der Waals surface area contributed by atoms with Gasteiger partial charge in [-0.25, -0.2) is 4.98 Å². The van der Waals surface area contributed by atoms with Crippen LogP contribution in [0.3, 0.4) is 0 Å². The third kappa shape index (κ3) is 2.45. The van der Waals surface area contributed by atoms with E-state index in [1.807, 2.05) is 18.7 Å². The van der Waals surface area contributed by atoms with E-state index in [1.54, 1.807) is 0 Å². The molecule has 0 saturated heterocycles. The predicted molar refractivity (Wildman–Crippen MR) is 105 cm³/mol. The highest BCUT2D eigenvalue weighted by atomic mass is 15.0. The maximum absolute atomic E-state index is 4.11. The van der Waals surface area contributed by atoms with E-state index in [-0.39, 0.29) is 0 Å². The summed E-state index contributed by atoms with van der Waals surface area (Å²) in [5.74, 6) is 0. The predicted octanol–water partition coefficient (Wildman–Crippen LogP) is 5.80. The minimum absolute atomic E-state index is 1.05. The molecular formula is C23H20N2. The molecule has 5 aromatic rings. The highest BCUT2D eigenvalue weighted by Gasteiger charge is 2.10. The van der Waals surface area contributed by atoms with Crippen molar-refractivity contribution >= 4 is 32.3 Å². The van der Waals surface area contributed by atoms with E-state index in [4.69, 9.17) is 0 Å². The Balaban J connectivity index is 1.50. The molecule has 0 fully saturated rings. The van der Waals surface area contributed by atoms with E-state index in [0.29, 0.717) is 0 Å². The second-order valence-corrected chi connectivity index (χ2v) is 6.84. The van der Waals surface area contributed by atoms with Gasteiger partial charge in [-0.15, -0.1) is 0 Å². The zero-order valence-corrected chi connectivity index (χ0v) is 14.2. The second kappa shape index (κ2) is 5.89. The lowest BCUT2D eigenvalue weighted by Gasteiger charge is -2.14. The molecule has 5 rings (SSSR count). The van der Waals surface area contributed by atoms with Crippen LogP contribution in [-0.4, -0.2) is 9.55 Å². The van der Waals surface area contributed by atoms with Gasteiger partial charge in [-0.05, 0) is 57.1 Å². The van der Waals surface area contributed by atoms with Crippen LogP contribution in [0.25, 0.3) is 32.3 Å². The summed E-state index contributed by atoms with van der Waals surface area (Å²) in [6.45, 7) is 1.05. The first kappa shape index (κ1) is 14.5. The number of aromatic nitrogens is 2. The monoisotopic (exact) mass is 324 g/mol. The van der Waals surface area contributed by atoms with Crippen LogP contribution in [0, 0.1) is 0 Å². The van der Waals surface area contributed by atoms with Gasteiger partial charge in [0.15, 0.2) is 0 Å². The minimum Gasteiger partial charge on any atom is -0.337 e. The molecule has 1 aromatic heterocycles. The molecule has 0 aliphatic carbocycles. The fraction of sp³-hybridized carbons (Fsp3) is 0.174. The molecule has 0 saturated carbocycles. The minimum atomic E-state index is 1.05. The van der Waals surface area contributed by atoms with Gasteiger partial charge in [-0.3, -0.25) is 0 Å². The van der Waals surface area contributed by atoms with Crippen molar-refractivity contribution in [3.8, 4) is 0 Å². The Hall–Kier alpha value is -2.87. The molecule has 0 aliphatic heterocycles. The summed E-state index contributed by atoms with van der Waals surface area (Å²) in [6.07, 6.45) is 9.29. The van der Waals surface area contributed by atoms with Gasteiger partial charge >= 0.3 is 0 Å². The fourth-order valence-electron chi connectivity index (χ4n) is 4.04. The lowest BCUT2D eigenvalue weighted by Crippen LogP contribution is -1.96. The normalized spacial score (nSPS) is 11.8. The van der Waals surface area contributed by atoms with Crippen LogP contribution in [0.4, 0.5) is 0 Å². The summed E-state index contributed by atoms with van der Waals surface area (Å²) >= 11 is 0. The Morgan fingerprint density at radius 1 is 0.760 bits per heavy atom. The summed E-state index contributed by atoms with van der Waals surface area (Å²) in [4.78, 5) is 4.11. The van der Waals surface area contributed by atoms with E-state index in [9.17, 15) is 0 Å². The molecule has 0 spiro atoms. The van der Waals surface area contributed by atoms with Crippen LogP contribution in [0.5, 0.6) is 0 Å². The van der Waals surface area contributed by atoms with Crippen LogP contribution in [-0.2, 0) is 13.0 Å². The van der Waals surface area contributed by atoms with E-state index in [2.05, 4.69) is 64.1 Å². The van der Waals surface area contributed by atoms with E-state index < -0.39 is 0 Å². The van der Waals surface area contributed by atoms with Gasteiger partial charge in [0.25, 0.3) is 0 Å². The lowest BCUT2D eigenvalue weighted by atomic mass is 9.90. The average Bonchev–Trinajstić information content (AvgIpc) is 3.17. The summed E-state index contributed by atoms with van der Waals surface area (Å²) in [6, 6.07) is 20.3. The fourth-order valence-corrected chi connectivity index (χ4v) is 4.04. The van der Waals surface area contributed by atoms with Crippen molar-refractivity contribution in [1.29, 1.82) is 0 Å². The van der Waals surface area contributed by atoms with Gasteiger partial charge in [-0.2, -0.15) is 0 Å². The number of rotatable bonds is 5. The Morgan fingerprint density at radius 3 is 2.32 bits per heavy atom. The molecule has 0 aliphatic rings. The van der Waals surface area contributed by atoms with Crippen molar-refractivity contribution in [3.05, 3.63) is 78.9 Å². The smallest absolute Gasteiger partial charge is 0.0945 e. The number of nitrogens with zero attached hydrogens (tertiary/aromatic N) is 2. The van der Waals surface area contributed by atoms with E-state index in [0.717, 1.165) is 13.0 Å². The van der Waals surface area contributed by atoms with Gasteiger partial charge in [-0.1, -0.05) is 54.6 Å². The van der Waals surface area contributed by atoms with Crippen LogP contribution in [0.2, 0.25) is 0 Å². The molecule has 2 nitrogen and oxygen atoms in total. The third-order valence-electron chi connectivity index (χ3n) is 5.29. The van der Waals surface area contributed by atoms with Crippen LogP contribution < -0.4 is 0 Å². The van der Waals surface area contributed by atoms with Crippen molar-refractivity contribution in [3.63, 3.8) is 0 Å².